The molecule has 25 heavy (non-hydrogen) atoms. The number of hydrogen-bond donors (Lipinski definition) is 2. The molecule has 7 heteroatoms. The highest BCUT2D eigenvalue weighted by molar-refractivity contribution is 6.30. The highest BCUT2D eigenvalue weighted by atomic mass is 35.5. The van der Waals surface area contributed by atoms with Gasteiger partial charge in [-0.3, -0.25) is 9.89 Å². The molecular weight excluding hydrogens is 342 g/mol. The summed E-state index contributed by atoms with van der Waals surface area (Å²) >= 11 is 5.88. The number of ether oxygens (including phenoxy) is 2. The number of benzene rings is 2. The Morgan fingerprint density at radius 2 is 1.80 bits per heavy atom. The van der Waals surface area contributed by atoms with Crippen molar-refractivity contribution in [2.45, 2.75) is 0 Å². The number of aromatic nitrogens is 2. The minimum Gasteiger partial charge on any atom is -0.486 e. The lowest BCUT2D eigenvalue weighted by molar-refractivity contribution is 0.102. The maximum Gasteiger partial charge on any atom is 0.273 e. The van der Waals surface area contributed by atoms with E-state index in [-0.39, 0.29) is 5.91 Å². The average Bonchev–Trinajstić information content (AvgIpc) is 3.12. The number of fused-ring (bicyclic) bond motifs is 1. The Kier molecular flexibility index (Phi) is 4.03. The molecule has 1 aliphatic rings. The topological polar surface area (TPSA) is 76.2 Å². The molecule has 2 aromatic carbocycles. The minimum atomic E-state index is -0.288. The molecular formula is C18H14ClN3O3. The van der Waals surface area contributed by atoms with Crippen molar-refractivity contribution in [3.8, 4) is 22.8 Å². The highest BCUT2D eigenvalue weighted by Gasteiger charge is 2.15. The van der Waals surface area contributed by atoms with Crippen LogP contribution >= 0.6 is 11.6 Å². The lowest BCUT2D eigenvalue weighted by Gasteiger charge is -2.18. The zero-order chi connectivity index (χ0) is 17.2. The van der Waals surface area contributed by atoms with Crippen molar-refractivity contribution in [1.29, 1.82) is 0 Å². The molecule has 0 unspecified atom stereocenters. The van der Waals surface area contributed by atoms with Gasteiger partial charge in [0.2, 0.25) is 0 Å². The summed E-state index contributed by atoms with van der Waals surface area (Å²) in [6.45, 7) is 1.02. The second kappa shape index (κ2) is 6.49. The quantitative estimate of drug-likeness (QED) is 0.750. The Balaban J connectivity index is 1.51. The fraction of sp³-hybridized carbons (Fsp3) is 0.111. The first-order valence-electron chi connectivity index (χ1n) is 7.71. The monoisotopic (exact) mass is 355 g/mol. The van der Waals surface area contributed by atoms with Crippen LogP contribution in [0.2, 0.25) is 5.02 Å². The van der Waals surface area contributed by atoms with Gasteiger partial charge in [0.05, 0.1) is 5.69 Å². The maximum atomic E-state index is 12.4. The highest BCUT2D eigenvalue weighted by Crippen LogP contribution is 2.32. The van der Waals surface area contributed by atoms with Crippen LogP contribution in [0.1, 0.15) is 10.5 Å². The van der Waals surface area contributed by atoms with Crippen LogP contribution in [0, 0.1) is 0 Å². The third-order valence-corrected chi connectivity index (χ3v) is 4.01. The summed E-state index contributed by atoms with van der Waals surface area (Å²) in [5, 5.41) is 10.4. The first kappa shape index (κ1) is 15.5. The number of nitrogens with zero attached hydrogens (tertiary/aromatic N) is 1. The van der Waals surface area contributed by atoms with Gasteiger partial charge in [-0.1, -0.05) is 23.7 Å². The Bertz CT molecular complexity index is 922. The van der Waals surface area contributed by atoms with E-state index in [0.29, 0.717) is 46.8 Å². The summed E-state index contributed by atoms with van der Waals surface area (Å²) in [5.41, 5.74) is 2.53. The second-order valence-electron chi connectivity index (χ2n) is 5.49. The summed E-state index contributed by atoms with van der Waals surface area (Å²) < 4.78 is 11.0. The molecule has 2 heterocycles. The van der Waals surface area contributed by atoms with Crippen molar-refractivity contribution in [2.24, 2.45) is 0 Å². The van der Waals surface area contributed by atoms with Gasteiger partial charge in [0, 0.05) is 22.3 Å². The molecule has 2 N–H and O–H groups in total. The zero-order valence-corrected chi connectivity index (χ0v) is 13.8. The van der Waals surface area contributed by atoms with Gasteiger partial charge in [0.1, 0.15) is 18.9 Å². The van der Waals surface area contributed by atoms with Crippen LogP contribution in [0.3, 0.4) is 0 Å². The Hall–Kier alpha value is -2.99. The van der Waals surface area contributed by atoms with E-state index in [1.54, 1.807) is 36.4 Å². The molecule has 126 valence electrons. The largest absolute Gasteiger partial charge is 0.486 e. The number of carbonyl (C=O) groups excluding carboxylic acids is 1. The molecule has 0 aliphatic carbocycles. The molecule has 1 amide bonds. The number of anilines is 1. The van der Waals surface area contributed by atoms with E-state index in [2.05, 4.69) is 15.5 Å². The fourth-order valence-corrected chi connectivity index (χ4v) is 2.65. The van der Waals surface area contributed by atoms with Gasteiger partial charge < -0.3 is 14.8 Å². The van der Waals surface area contributed by atoms with Crippen molar-refractivity contribution in [3.63, 3.8) is 0 Å². The number of amides is 1. The summed E-state index contributed by atoms with van der Waals surface area (Å²) in [5.74, 6) is 1.01. The Labute approximate surface area is 148 Å². The van der Waals surface area contributed by atoms with Gasteiger partial charge >= 0.3 is 0 Å². The van der Waals surface area contributed by atoms with E-state index in [9.17, 15) is 4.79 Å². The summed E-state index contributed by atoms with van der Waals surface area (Å²) in [7, 11) is 0. The van der Waals surface area contributed by atoms with Crippen LogP contribution in [0.25, 0.3) is 11.3 Å². The molecule has 1 aliphatic heterocycles. The lowest BCUT2D eigenvalue weighted by Crippen LogP contribution is -2.16. The number of rotatable bonds is 3. The molecule has 0 spiro atoms. The zero-order valence-electron chi connectivity index (χ0n) is 13.1. The van der Waals surface area contributed by atoms with Crippen molar-refractivity contribution in [3.05, 3.63) is 59.2 Å². The maximum absolute atomic E-state index is 12.4. The van der Waals surface area contributed by atoms with Crippen LogP contribution < -0.4 is 14.8 Å². The average molecular weight is 356 g/mol. The molecule has 0 bridgehead atoms. The van der Waals surface area contributed by atoms with Gasteiger partial charge in [-0.15, -0.1) is 0 Å². The number of nitrogens with one attached hydrogen (secondary N) is 2. The van der Waals surface area contributed by atoms with E-state index in [1.165, 1.54) is 0 Å². The molecule has 0 atom stereocenters. The number of carbonyl (C=O) groups is 1. The van der Waals surface area contributed by atoms with E-state index in [0.717, 1.165) is 5.56 Å². The third kappa shape index (κ3) is 3.29. The first-order valence-corrected chi connectivity index (χ1v) is 8.09. The minimum absolute atomic E-state index is 0.288. The van der Waals surface area contributed by atoms with Gasteiger partial charge in [0.25, 0.3) is 5.91 Å². The normalized spacial score (nSPS) is 12.7. The summed E-state index contributed by atoms with van der Waals surface area (Å²) in [6.07, 6.45) is 0. The number of hydrogen-bond acceptors (Lipinski definition) is 4. The summed E-state index contributed by atoms with van der Waals surface area (Å²) in [6, 6.07) is 14.2. The van der Waals surface area contributed by atoms with Gasteiger partial charge in [-0.25, -0.2) is 0 Å². The molecule has 0 fully saturated rings. The Morgan fingerprint density at radius 3 is 2.60 bits per heavy atom. The molecule has 3 aromatic rings. The van der Waals surface area contributed by atoms with Crippen LogP contribution in [0.4, 0.5) is 5.69 Å². The van der Waals surface area contributed by atoms with Crippen LogP contribution in [0.5, 0.6) is 11.5 Å². The van der Waals surface area contributed by atoms with Gasteiger partial charge in [-0.2, -0.15) is 5.10 Å². The molecule has 1 aromatic heterocycles. The smallest absolute Gasteiger partial charge is 0.273 e. The van der Waals surface area contributed by atoms with E-state index < -0.39 is 0 Å². The predicted molar refractivity (Wildman–Crippen MR) is 94.4 cm³/mol. The van der Waals surface area contributed by atoms with Crippen LogP contribution in [0.15, 0.2) is 48.5 Å². The predicted octanol–water partition coefficient (Wildman–Crippen LogP) is 3.75. The summed E-state index contributed by atoms with van der Waals surface area (Å²) in [4.78, 5) is 12.4. The van der Waals surface area contributed by atoms with Crippen molar-refractivity contribution in [1.82, 2.24) is 10.2 Å². The van der Waals surface area contributed by atoms with Crippen molar-refractivity contribution < 1.29 is 14.3 Å². The van der Waals surface area contributed by atoms with E-state index >= 15 is 0 Å². The standard InChI is InChI=1S/C18H14ClN3O3/c19-12-3-1-11(2-4-12)14-10-15(22-21-14)18(23)20-13-5-6-16-17(9-13)25-8-7-24-16/h1-6,9-10H,7-8H2,(H,20,23)(H,21,22). The van der Waals surface area contributed by atoms with Gasteiger partial charge in [-0.05, 0) is 30.3 Å². The fourth-order valence-electron chi connectivity index (χ4n) is 2.53. The molecule has 4 rings (SSSR count). The van der Waals surface area contributed by atoms with E-state index in [4.69, 9.17) is 21.1 Å². The third-order valence-electron chi connectivity index (χ3n) is 3.76. The lowest BCUT2D eigenvalue weighted by atomic mass is 10.1. The molecule has 0 saturated heterocycles. The molecule has 0 radical (unpaired) electrons. The Morgan fingerprint density at radius 1 is 1.04 bits per heavy atom. The number of aromatic amines is 1. The molecule has 0 saturated carbocycles. The van der Waals surface area contributed by atoms with Crippen LogP contribution in [-0.2, 0) is 0 Å². The molecule has 6 nitrogen and oxygen atoms in total. The first-order chi connectivity index (χ1) is 12.2. The van der Waals surface area contributed by atoms with Crippen molar-refractivity contribution in [2.75, 3.05) is 18.5 Å². The SMILES string of the molecule is O=C(Nc1ccc2c(c1)OCCO2)c1cc(-c2ccc(Cl)cc2)n[nH]1. The van der Waals surface area contributed by atoms with Crippen LogP contribution in [-0.4, -0.2) is 29.3 Å². The van der Waals surface area contributed by atoms with Gasteiger partial charge in [0.15, 0.2) is 11.5 Å². The second-order valence-corrected chi connectivity index (χ2v) is 5.92. The number of halogens is 1. The number of H-pyrrole nitrogens is 1. The van der Waals surface area contributed by atoms with E-state index in [1.807, 2.05) is 12.1 Å². The van der Waals surface area contributed by atoms with Crippen molar-refractivity contribution >= 4 is 23.2 Å².